The molecule has 24 heavy (non-hydrogen) atoms. The number of rotatable bonds is 7. The molecule has 0 spiro atoms. The Kier molecular flexibility index (Phi) is 5.23. The van der Waals surface area contributed by atoms with E-state index in [1.165, 1.54) is 0 Å². The van der Waals surface area contributed by atoms with E-state index in [2.05, 4.69) is 23.7 Å². The van der Waals surface area contributed by atoms with Crippen LogP contribution >= 0.6 is 11.3 Å². The summed E-state index contributed by atoms with van der Waals surface area (Å²) in [6, 6.07) is 5.94. The fourth-order valence-corrected chi connectivity index (χ4v) is 4.09. The van der Waals surface area contributed by atoms with Crippen molar-refractivity contribution in [3.63, 3.8) is 0 Å². The van der Waals surface area contributed by atoms with Crippen molar-refractivity contribution in [3.05, 3.63) is 18.2 Å². The fraction of sp³-hybridized carbons (Fsp3) is 0.556. The highest BCUT2D eigenvalue weighted by molar-refractivity contribution is 7.22. The number of fused-ring (bicyclic) bond motifs is 1. The van der Waals surface area contributed by atoms with Crippen molar-refractivity contribution in [2.24, 2.45) is 5.92 Å². The molecule has 2 heterocycles. The zero-order chi connectivity index (χ0) is 17.1. The van der Waals surface area contributed by atoms with Gasteiger partial charge in [0.05, 0.1) is 23.2 Å². The van der Waals surface area contributed by atoms with E-state index >= 15 is 0 Å². The van der Waals surface area contributed by atoms with Gasteiger partial charge in [0.15, 0.2) is 5.13 Å². The first-order chi connectivity index (χ1) is 11.7. The minimum Gasteiger partial charge on any atom is -0.497 e. The van der Waals surface area contributed by atoms with Gasteiger partial charge in [-0.25, -0.2) is 4.98 Å². The molecule has 0 radical (unpaired) electrons. The average molecular weight is 347 g/mol. The Hall–Kier alpha value is -1.82. The van der Waals surface area contributed by atoms with Crippen molar-refractivity contribution in [1.82, 2.24) is 9.88 Å². The first-order valence-electron chi connectivity index (χ1n) is 8.64. The van der Waals surface area contributed by atoms with Crippen molar-refractivity contribution in [2.45, 2.75) is 26.7 Å². The normalized spacial score (nSPS) is 14.7. The van der Waals surface area contributed by atoms with Gasteiger partial charge in [-0.1, -0.05) is 25.2 Å². The van der Waals surface area contributed by atoms with Crippen molar-refractivity contribution in [2.75, 3.05) is 38.2 Å². The van der Waals surface area contributed by atoms with Crippen LogP contribution in [0.25, 0.3) is 10.2 Å². The SMILES string of the molecule is CCCN(CCC)C(=O)C1CN(c2nc3ccc(OC)cc3s2)C1. The topological polar surface area (TPSA) is 45.7 Å². The van der Waals surface area contributed by atoms with E-state index in [4.69, 9.17) is 4.74 Å². The van der Waals surface area contributed by atoms with E-state index in [0.29, 0.717) is 5.91 Å². The minimum atomic E-state index is 0.115. The summed E-state index contributed by atoms with van der Waals surface area (Å²) in [5.41, 5.74) is 0.990. The van der Waals surface area contributed by atoms with Crippen LogP contribution in [0.5, 0.6) is 5.75 Å². The number of ether oxygens (including phenoxy) is 1. The lowest BCUT2D eigenvalue weighted by molar-refractivity contribution is -0.136. The van der Waals surface area contributed by atoms with Crippen LogP contribution in [-0.4, -0.2) is 49.1 Å². The number of carbonyl (C=O) groups excluding carboxylic acids is 1. The van der Waals surface area contributed by atoms with E-state index in [1.807, 2.05) is 23.1 Å². The van der Waals surface area contributed by atoms with Gasteiger partial charge in [0.25, 0.3) is 0 Å². The Labute approximate surface area is 147 Å². The summed E-state index contributed by atoms with van der Waals surface area (Å²) in [4.78, 5) is 21.5. The van der Waals surface area contributed by atoms with Crippen LogP contribution in [0.1, 0.15) is 26.7 Å². The maximum Gasteiger partial charge on any atom is 0.229 e. The van der Waals surface area contributed by atoms with Gasteiger partial charge in [0.2, 0.25) is 5.91 Å². The number of amides is 1. The Morgan fingerprint density at radius 1 is 1.33 bits per heavy atom. The summed E-state index contributed by atoms with van der Waals surface area (Å²) in [5.74, 6) is 1.27. The Bertz CT molecular complexity index is 703. The van der Waals surface area contributed by atoms with E-state index < -0.39 is 0 Å². The molecule has 0 saturated carbocycles. The molecular formula is C18H25N3O2S. The van der Waals surface area contributed by atoms with Crippen LogP contribution in [0.4, 0.5) is 5.13 Å². The van der Waals surface area contributed by atoms with Gasteiger partial charge in [-0.3, -0.25) is 4.79 Å². The molecule has 0 bridgehead atoms. The van der Waals surface area contributed by atoms with E-state index in [9.17, 15) is 4.79 Å². The molecule has 130 valence electrons. The number of methoxy groups -OCH3 is 1. The molecule has 1 aromatic carbocycles. The number of thiazole rings is 1. The number of benzene rings is 1. The highest BCUT2D eigenvalue weighted by Crippen LogP contribution is 2.35. The average Bonchev–Trinajstić information content (AvgIpc) is 2.95. The van der Waals surface area contributed by atoms with E-state index in [-0.39, 0.29) is 5.92 Å². The monoisotopic (exact) mass is 347 g/mol. The lowest BCUT2D eigenvalue weighted by atomic mass is 9.99. The molecule has 5 nitrogen and oxygen atoms in total. The number of anilines is 1. The molecule has 1 fully saturated rings. The number of nitrogens with zero attached hydrogens (tertiary/aromatic N) is 3. The molecule has 1 amide bonds. The van der Waals surface area contributed by atoms with Crippen LogP contribution in [0.15, 0.2) is 18.2 Å². The third-order valence-electron chi connectivity index (χ3n) is 4.38. The number of hydrogen-bond acceptors (Lipinski definition) is 5. The third-order valence-corrected chi connectivity index (χ3v) is 5.46. The summed E-state index contributed by atoms with van der Waals surface area (Å²) in [6.45, 7) is 7.53. The number of aromatic nitrogens is 1. The number of carbonyl (C=O) groups is 1. The van der Waals surface area contributed by atoms with Crippen molar-refractivity contribution >= 4 is 32.6 Å². The molecule has 3 rings (SSSR count). The van der Waals surface area contributed by atoms with E-state index in [0.717, 1.165) is 60.1 Å². The molecule has 0 N–H and O–H groups in total. The second kappa shape index (κ2) is 7.38. The van der Waals surface area contributed by atoms with Crippen LogP contribution < -0.4 is 9.64 Å². The maximum atomic E-state index is 12.6. The zero-order valence-electron chi connectivity index (χ0n) is 14.6. The van der Waals surface area contributed by atoms with Crippen LogP contribution in [0.2, 0.25) is 0 Å². The lowest BCUT2D eigenvalue weighted by Crippen LogP contribution is -2.54. The second-order valence-electron chi connectivity index (χ2n) is 6.26. The molecule has 6 heteroatoms. The summed E-state index contributed by atoms with van der Waals surface area (Å²) < 4.78 is 6.39. The molecule has 1 aromatic heterocycles. The molecule has 0 aliphatic carbocycles. The van der Waals surface area contributed by atoms with Gasteiger partial charge in [0.1, 0.15) is 5.75 Å². The summed E-state index contributed by atoms with van der Waals surface area (Å²) in [7, 11) is 1.67. The first-order valence-corrected chi connectivity index (χ1v) is 9.46. The van der Waals surface area contributed by atoms with E-state index in [1.54, 1.807) is 18.4 Å². The van der Waals surface area contributed by atoms with Crippen LogP contribution in [0.3, 0.4) is 0 Å². The quantitative estimate of drug-likeness (QED) is 0.770. The van der Waals surface area contributed by atoms with Gasteiger partial charge < -0.3 is 14.5 Å². The zero-order valence-corrected chi connectivity index (χ0v) is 15.4. The van der Waals surface area contributed by atoms with Gasteiger partial charge in [-0.05, 0) is 31.0 Å². The fourth-order valence-electron chi connectivity index (χ4n) is 3.08. The molecular weight excluding hydrogens is 322 g/mol. The van der Waals surface area contributed by atoms with Crippen LogP contribution in [0, 0.1) is 5.92 Å². The Morgan fingerprint density at radius 3 is 2.67 bits per heavy atom. The molecule has 0 unspecified atom stereocenters. The standard InChI is InChI=1S/C18H25N3O2S/c1-4-8-20(9-5-2)17(22)13-11-21(12-13)18-19-15-7-6-14(23-3)10-16(15)24-18/h6-7,10,13H,4-5,8-9,11-12H2,1-3H3. The second-order valence-corrected chi connectivity index (χ2v) is 7.27. The number of hydrogen-bond donors (Lipinski definition) is 0. The Morgan fingerprint density at radius 2 is 2.04 bits per heavy atom. The third kappa shape index (κ3) is 3.34. The van der Waals surface area contributed by atoms with Gasteiger partial charge in [0, 0.05) is 26.2 Å². The summed E-state index contributed by atoms with van der Waals surface area (Å²) in [5, 5.41) is 1.000. The van der Waals surface area contributed by atoms with Crippen molar-refractivity contribution in [3.8, 4) is 5.75 Å². The van der Waals surface area contributed by atoms with Gasteiger partial charge in [-0.2, -0.15) is 0 Å². The first kappa shape index (κ1) is 17.0. The predicted octanol–water partition coefficient (Wildman–Crippen LogP) is 3.39. The highest BCUT2D eigenvalue weighted by atomic mass is 32.1. The van der Waals surface area contributed by atoms with Crippen molar-refractivity contribution < 1.29 is 9.53 Å². The Balaban J connectivity index is 1.64. The molecule has 2 aromatic rings. The molecule has 1 aliphatic rings. The van der Waals surface area contributed by atoms with Crippen LogP contribution in [-0.2, 0) is 4.79 Å². The van der Waals surface area contributed by atoms with Gasteiger partial charge >= 0.3 is 0 Å². The maximum absolute atomic E-state index is 12.6. The highest BCUT2D eigenvalue weighted by Gasteiger charge is 2.36. The summed E-state index contributed by atoms with van der Waals surface area (Å²) >= 11 is 1.66. The lowest BCUT2D eigenvalue weighted by Gasteiger charge is -2.40. The molecule has 1 saturated heterocycles. The van der Waals surface area contributed by atoms with Gasteiger partial charge in [-0.15, -0.1) is 0 Å². The summed E-state index contributed by atoms with van der Waals surface area (Å²) in [6.07, 6.45) is 2.03. The predicted molar refractivity (Wildman–Crippen MR) is 99.0 cm³/mol. The molecule has 0 atom stereocenters. The minimum absolute atomic E-state index is 0.115. The van der Waals surface area contributed by atoms with Crippen molar-refractivity contribution in [1.29, 1.82) is 0 Å². The smallest absolute Gasteiger partial charge is 0.229 e. The molecule has 1 aliphatic heterocycles. The largest absolute Gasteiger partial charge is 0.497 e.